The van der Waals surface area contributed by atoms with Gasteiger partial charge in [-0.3, -0.25) is 5.41 Å². The van der Waals surface area contributed by atoms with Crippen LogP contribution in [0.4, 0.5) is 0 Å². The molecule has 0 spiro atoms. The van der Waals surface area contributed by atoms with E-state index in [1.165, 1.54) is 7.11 Å². The molecule has 0 radical (unpaired) electrons. The third-order valence-electron chi connectivity index (χ3n) is 2.54. The molecule has 6 nitrogen and oxygen atoms in total. The highest BCUT2D eigenvalue weighted by atomic mass is 16.5. The number of aliphatic imine (C=N–C) groups is 2. The monoisotopic (exact) mass is 221 g/mol. The Labute approximate surface area is 93.8 Å². The highest BCUT2D eigenvalue weighted by molar-refractivity contribution is 6.48. The average Bonchev–Trinajstić information content (AvgIpc) is 3.09. The van der Waals surface area contributed by atoms with Crippen LogP contribution in [-0.4, -0.2) is 31.5 Å². The Bertz CT molecular complexity index is 411. The van der Waals surface area contributed by atoms with Gasteiger partial charge in [-0.1, -0.05) is 0 Å². The van der Waals surface area contributed by atoms with Gasteiger partial charge in [-0.15, -0.1) is 0 Å². The van der Waals surface area contributed by atoms with Crippen molar-refractivity contribution in [3.05, 3.63) is 11.6 Å². The van der Waals surface area contributed by atoms with Crippen LogP contribution in [0.1, 0.15) is 12.8 Å². The van der Waals surface area contributed by atoms with Crippen LogP contribution in [0.2, 0.25) is 0 Å². The Morgan fingerprint density at radius 2 is 2.19 bits per heavy atom. The van der Waals surface area contributed by atoms with Crippen LogP contribution < -0.4 is 11.1 Å². The van der Waals surface area contributed by atoms with Gasteiger partial charge in [0.25, 0.3) is 0 Å². The molecule has 4 N–H and O–H groups in total. The summed E-state index contributed by atoms with van der Waals surface area (Å²) in [5.74, 6) is 1.77. The lowest BCUT2D eigenvalue weighted by Gasteiger charge is -2.15. The summed E-state index contributed by atoms with van der Waals surface area (Å²) < 4.78 is 5.12. The summed E-state index contributed by atoms with van der Waals surface area (Å²) in [5, 5.41) is 10.7. The van der Waals surface area contributed by atoms with E-state index in [4.69, 9.17) is 15.9 Å². The van der Waals surface area contributed by atoms with Crippen molar-refractivity contribution in [3.8, 4) is 0 Å². The van der Waals surface area contributed by atoms with Crippen LogP contribution in [0.3, 0.4) is 0 Å². The quantitative estimate of drug-likeness (QED) is 0.595. The minimum atomic E-state index is 0.107. The molecule has 16 heavy (non-hydrogen) atoms. The standard InChI is InChI=1S/C10H15N5O/c1-13-10(16-2)7-6(11)8(12)15-9(14-7)5-3-4-5/h5,11,13H,3-4H2,1-2H3,(H2,12,14,15)/b10-7-,11-6?. The number of hydrogen-bond donors (Lipinski definition) is 3. The zero-order valence-corrected chi connectivity index (χ0v) is 9.37. The molecule has 86 valence electrons. The van der Waals surface area contributed by atoms with E-state index in [2.05, 4.69) is 15.3 Å². The Hall–Kier alpha value is -1.85. The Balaban J connectivity index is 2.41. The molecule has 0 aromatic rings. The molecule has 0 saturated heterocycles. The molecule has 6 heteroatoms. The number of nitrogens with one attached hydrogen (secondary N) is 2. The highest BCUT2D eigenvalue weighted by Gasteiger charge is 2.32. The van der Waals surface area contributed by atoms with E-state index in [1.807, 2.05) is 0 Å². The third-order valence-corrected chi connectivity index (χ3v) is 2.54. The molecule has 1 heterocycles. The highest BCUT2D eigenvalue weighted by Crippen LogP contribution is 2.33. The van der Waals surface area contributed by atoms with Crippen molar-refractivity contribution in [2.45, 2.75) is 12.8 Å². The number of amidine groups is 2. The Kier molecular flexibility index (Phi) is 2.64. The lowest BCUT2D eigenvalue weighted by Crippen LogP contribution is -2.32. The zero-order chi connectivity index (χ0) is 11.7. The summed E-state index contributed by atoms with van der Waals surface area (Å²) in [6.07, 6.45) is 2.19. The molecule has 0 aromatic carbocycles. The Morgan fingerprint density at radius 1 is 1.50 bits per heavy atom. The van der Waals surface area contributed by atoms with Gasteiger partial charge in [-0.05, 0) is 12.8 Å². The van der Waals surface area contributed by atoms with Gasteiger partial charge in [0, 0.05) is 13.0 Å². The molecule has 2 aliphatic rings. The van der Waals surface area contributed by atoms with Gasteiger partial charge >= 0.3 is 0 Å². The first-order valence-electron chi connectivity index (χ1n) is 5.15. The van der Waals surface area contributed by atoms with Gasteiger partial charge in [-0.2, -0.15) is 0 Å². The molecule has 0 unspecified atom stereocenters. The summed E-state index contributed by atoms with van der Waals surface area (Å²) in [6.45, 7) is 0. The van der Waals surface area contributed by atoms with E-state index >= 15 is 0 Å². The van der Waals surface area contributed by atoms with Gasteiger partial charge in [-0.25, -0.2) is 9.98 Å². The molecule has 2 rings (SSSR count). The molecule has 1 aliphatic carbocycles. The van der Waals surface area contributed by atoms with Crippen molar-refractivity contribution in [1.29, 1.82) is 5.41 Å². The van der Waals surface area contributed by atoms with Crippen molar-refractivity contribution >= 4 is 17.4 Å². The third kappa shape index (κ3) is 1.78. The summed E-state index contributed by atoms with van der Waals surface area (Å²) in [5.41, 5.74) is 6.24. The summed E-state index contributed by atoms with van der Waals surface area (Å²) in [7, 11) is 3.24. The van der Waals surface area contributed by atoms with Crippen LogP contribution in [0.25, 0.3) is 0 Å². The topological polar surface area (TPSA) is 95.8 Å². The summed E-state index contributed by atoms with van der Waals surface area (Å²) in [4.78, 5) is 8.46. The number of rotatable bonds is 3. The predicted octanol–water partition coefficient (Wildman–Crippen LogP) is 0.220. The Morgan fingerprint density at radius 3 is 2.69 bits per heavy atom. The molecular formula is C10H15N5O. The predicted molar refractivity (Wildman–Crippen MR) is 62.6 cm³/mol. The summed E-state index contributed by atoms with van der Waals surface area (Å²) in [6, 6.07) is 0. The van der Waals surface area contributed by atoms with Gasteiger partial charge < -0.3 is 15.8 Å². The molecule has 0 amide bonds. The van der Waals surface area contributed by atoms with Crippen molar-refractivity contribution < 1.29 is 4.74 Å². The smallest absolute Gasteiger partial charge is 0.215 e. The fourth-order valence-electron chi connectivity index (χ4n) is 1.50. The van der Waals surface area contributed by atoms with Crippen molar-refractivity contribution in [2.24, 2.45) is 21.6 Å². The molecule has 1 aliphatic heterocycles. The van der Waals surface area contributed by atoms with E-state index < -0.39 is 0 Å². The fraction of sp³-hybridized carbons (Fsp3) is 0.500. The molecule has 0 bridgehead atoms. The first-order valence-corrected chi connectivity index (χ1v) is 5.15. The lowest BCUT2D eigenvalue weighted by molar-refractivity contribution is 0.265. The second kappa shape index (κ2) is 3.96. The normalized spacial score (nSPS) is 23.5. The number of ether oxygens (including phenoxy) is 1. The zero-order valence-electron chi connectivity index (χ0n) is 9.37. The van der Waals surface area contributed by atoms with E-state index in [0.29, 0.717) is 23.3 Å². The van der Waals surface area contributed by atoms with E-state index in [1.54, 1.807) is 7.05 Å². The van der Waals surface area contributed by atoms with Crippen LogP contribution in [0, 0.1) is 11.3 Å². The van der Waals surface area contributed by atoms with Crippen molar-refractivity contribution in [2.75, 3.05) is 14.2 Å². The minimum Gasteiger partial charge on any atom is -0.481 e. The van der Waals surface area contributed by atoms with Gasteiger partial charge in [0.05, 0.1) is 7.11 Å². The van der Waals surface area contributed by atoms with Gasteiger partial charge in [0.15, 0.2) is 11.5 Å². The second-order valence-corrected chi connectivity index (χ2v) is 3.75. The van der Waals surface area contributed by atoms with Crippen LogP contribution in [0.5, 0.6) is 0 Å². The maximum atomic E-state index is 7.80. The molecular weight excluding hydrogens is 206 g/mol. The lowest BCUT2D eigenvalue weighted by atomic mass is 10.2. The molecule has 1 saturated carbocycles. The minimum absolute atomic E-state index is 0.107. The number of hydrogen-bond acceptors (Lipinski definition) is 6. The van der Waals surface area contributed by atoms with Gasteiger partial charge in [0.2, 0.25) is 5.88 Å². The molecule has 1 fully saturated rings. The number of nitrogens with zero attached hydrogens (tertiary/aromatic N) is 2. The first kappa shape index (κ1) is 10.7. The molecule has 0 aromatic heterocycles. The number of methoxy groups -OCH3 is 1. The largest absolute Gasteiger partial charge is 0.481 e. The van der Waals surface area contributed by atoms with Crippen molar-refractivity contribution in [1.82, 2.24) is 5.32 Å². The van der Waals surface area contributed by atoms with Crippen LogP contribution in [0.15, 0.2) is 21.6 Å². The maximum Gasteiger partial charge on any atom is 0.215 e. The fourth-order valence-corrected chi connectivity index (χ4v) is 1.50. The van der Waals surface area contributed by atoms with E-state index in [0.717, 1.165) is 12.8 Å². The van der Waals surface area contributed by atoms with E-state index in [-0.39, 0.29) is 11.5 Å². The number of nitrogens with two attached hydrogens (primary N) is 1. The molecule has 0 atom stereocenters. The SMILES string of the molecule is CN/C(OC)=C1/N=C(C2CC2)N=C(N)C1=N. The second-order valence-electron chi connectivity index (χ2n) is 3.75. The van der Waals surface area contributed by atoms with Crippen LogP contribution in [-0.2, 0) is 4.74 Å². The van der Waals surface area contributed by atoms with Crippen molar-refractivity contribution in [3.63, 3.8) is 0 Å². The van der Waals surface area contributed by atoms with E-state index in [9.17, 15) is 0 Å². The maximum absolute atomic E-state index is 7.80. The average molecular weight is 221 g/mol. The van der Waals surface area contributed by atoms with Crippen LogP contribution >= 0.6 is 0 Å². The van der Waals surface area contributed by atoms with Gasteiger partial charge in [0.1, 0.15) is 11.5 Å². The first-order chi connectivity index (χ1) is 7.67. The summed E-state index contributed by atoms with van der Waals surface area (Å²) >= 11 is 0.